The van der Waals surface area contributed by atoms with Gasteiger partial charge in [-0.05, 0) is 32.0 Å². The number of hydrogen-bond donors (Lipinski definition) is 2. The number of likely N-dealkylation sites (N-methyl/N-ethyl adjacent to an activating group) is 1. The van der Waals surface area contributed by atoms with Crippen LogP contribution in [0, 0.1) is 0 Å². The highest BCUT2D eigenvalue weighted by Gasteiger charge is 2.22. The molecule has 1 atom stereocenters. The zero-order valence-corrected chi connectivity index (χ0v) is 11.5. The van der Waals surface area contributed by atoms with Gasteiger partial charge in [0.2, 0.25) is 0 Å². The van der Waals surface area contributed by atoms with Crippen LogP contribution >= 0.6 is 0 Å². The number of nitrogens with zero attached hydrogens (tertiary/aromatic N) is 1. The van der Waals surface area contributed by atoms with Crippen molar-refractivity contribution < 1.29 is 9.53 Å². The molecule has 1 aliphatic rings. The van der Waals surface area contributed by atoms with E-state index in [2.05, 4.69) is 10.6 Å². The lowest BCUT2D eigenvalue weighted by Gasteiger charge is -2.32. The number of rotatable bonds is 3. The minimum absolute atomic E-state index is 0.0653. The molecule has 2 rings (SSSR count). The first-order valence-electron chi connectivity index (χ1n) is 6.61. The van der Waals surface area contributed by atoms with E-state index in [1.165, 1.54) is 0 Å². The molecular weight excluding hydrogens is 242 g/mol. The van der Waals surface area contributed by atoms with Crippen LogP contribution in [0.4, 0.5) is 10.5 Å². The molecule has 5 heteroatoms. The van der Waals surface area contributed by atoms with E-state index in [-0.39, 0.29) is 6.03 Å². The number of amides is 2. The van der Waals surface area contributed by atoms with Crippen molar-refractivity contribution in [3.8, 4) is 5.75 Å². The number of carbonyl (C=O) groups is 1. The Morgan fingerprint density at radius 1 is 1.42 bits per heavy atom. The van der Waals surface area contributed by atoms with E-state index in [0.717, 1.165) is 25.9 Å². The Morgan fingerprint density at radius 2 is 2.21 bits per heavy atom. The fraction of sp³-hybridized carbons (Fsp3) is 0.500. The van der Waals surface area contributed by atoms with Crippen molar-refractivity contribution >= 4 is 11.7 Å². The number of hydrogen-bond acceptors (Lipinski definition) is 3. The molecule has 1 saturated heterocycles. The van der Waals surface area contributed by atoms with Crippen molar-refractivity contribution in [3.05, 3.63) is 24.3 Å². The molecule has 104 valence electrons. The highest BCUT2D eigenvalue weighted by Crippen LogP contribution is 2.23. The Balaban J connectivity index is 2.00. The number of nitrogens with one attached hydrogen (secondary N) is 2. The van der Waals surface area contributed by atoms with Crippen molar-refractivity contribution in [2.24, 2.45) is 0 Å². The van der Waals surface area contributed by atoms with Crippen LogP contribution in [0.5, 0.6) is 5.75 Å². The minimum atomic E-state index is -0.0653. The predicted molar refractivity (Wildman–Crippen MR) is 75.7 cm³/mol. The van der Waals surface area contributed by atoms with E-state index >= 15 is 0 Å². The van der Waals surface area contributed by atoms with E-state index in [4.69, 9.17) is 4.74 Å². The van der Waals surface area contributed by atoms with Crippen molar-refractivity contribution in [1.82, 2.24) is 10.2 Å². The maximum Gasteiger partial charge on any atom is 0.322 e. The van der Waals surface area contributed by atoms with Gasteiger partial charge in [0, 0.05) is 19.1 Å². The number of benzene rings is 1. The first-order chi connectivity index (χ1) is 9.24. The molecule has 1 heterocycles. The minimum Gasteiger partial charge on any atom is -0.495 e. The van der Waals surface area contributed by atoms with Gasteiger partial charge in [-0.15, -0.1) is 0 Å². The summed E-state index contributed by atoms with van der Waals surface area (Å²) in [4.78, 5) is 14.1. The summed E-state index contributed by atoms with van der Waals surface area (Å²) >= 11 is 0. The molecule has 0 aliphatic carbocycles. The molecule has 1 fully saturated rings. The van der Waals surface area contributed by atoms with Gasteiger partial charge in [0.15, 0.2) is 0 Å². The number of piperidine rings is 1. The molecule has 1 aliphatic heterocycles. The van der Waals surface area contributed by atoms with Crippen LogP contribution in [-0.4, -0.2) is 44.2 Å². The van der Waals surface area contributed by atoms with Gasteiger partial charge in [-0.2, -0.15) is 0 Å². The maximum atomic E-state index is 12.2. The summed E-state index contributed by atoms with van der Waals surface area (Å²) in [5, 5.41) is 6.14. The normalized spacial score (nSPS) is 19.1. The zero-order chi connectivity index (χ0) is 13.7. The molecule has 2 amide bonds. The van der Waals surface area contributed by atoms with Crippen molar-refractivity contribution in [2.75, 3.05) is 32.6 Å². The summed E-state index contributed by atoms with van der Waals surface area (Å²) in [5.41, 5.74) is 0.710. The number of ether oxygens (including phenoxy) is 1. The second kappa shape index (κ2) is 6.43. The highest BCUT2D eigenvalue weighted by molar-refractivity contribution is 5.91. The smallest absolute Gasteiger partial charge is 0.322 e. The Morgan fingerprint density at radius 3 is 2.95 bits per heavy atom. The molecule has 5 nitrogen and oxygen atoms in total. The lowest BCUT2D eigenvalue weighted by Crippen LogP contribution is -2.48. The van der Waals surface area contributed by atoms with Gasteiger partial charge < -0.3 is 20.3 Å². The summed E-state index contributed by atoms with van der Waals surface area (Å²) in [6, 6.07) is 7.76. The summed E-state index contributed by atoms with van der Waals surface area (Å²) < 4.78 is 5.23. The van der Waals surface area contributed by atoms with Gasteiger partial charge in [0.25, 0.3) is 0 Å². The number of likely N-dealkylation sites (tertiary alicyclic amines) is 1. The van der Waals surface area contributed by atoms with Gasteiger partial charge in [-0.25, -0.2) is 4.79 Å². The molecule has 2 N–H and O–H groups in total. The summed E-state index contributed by atoms with van der Waals surface area (Å²) in [6.07, 6.45) is 2.15. The molecule has 0 saturated carbocycles. The number of carbonyl (C=O) groups excluding carboxylic acids is 1. The van der Waals surface area contributed by atoms with E-state index < -0.39 is 0 Å². The molecule has 0 bridgehead atoms. The second-order valence-corrected chi connectivity index (χ2v) is 4.70. The lowest BCUT2D eigenvalue weighted by molar-refractivity contribution is 0.187. The van der Waals surface area contributed by atoms with E-state index in [9.17, 15) is 4.79 Å². The fourth-order valence-corrected chi connectivity index (χ4v) is 2.34. The lowest BCUT2D eigenvalue weighted by atomic mass is 10.1. The first-order valence-corrected chi connectivity index (χ1v) is 6.61. The summed E-state index contributed by atoms with van der Waals surface area (Å²) in [7, 11) is 3.54. The average molecular weight is 263 g/mol. The third kappa shape index (κ3) is 3.38. The topological polar surface area (TPSA) is 53.6 Å². The van der Waals surface area contributed by atoms with Crippen LogP contribution < -0.4 is 15.4 Å². The fourth-order valence-electron chi connectivity index (χ4n) is 2.34. The summed E-state index contributed by atoms with van der Waals surface area (Å²) in [5.74, 6) is 0.679. The number of anilines is 1. The highest BCUT2D eigenvalue weighted by atomic mass is 16.5. The Labute approximate surface area is 113 Å². The molecule has 19 heavy (non-hydrogen) atoms. The SMILES string of the molecule is CNC1CCCN(C(=O)Nc2ccccc2OC)C1. The first kappa shape index (κ1) is 13.7. The Bertz CT molecular complexity index is 436. The van der Waals surface area contributed by atoms with Crippen LogP contribution in [0.3, 0.4) is 0 Å². The standard InChI is InChI=1S/C14H21N3O2/c1-15-11-6-5-9-17(10-11)14(18)16-12-7-3-4-8-13(12)19-2/h3-4,7-8,11,15H,5-6,9-10H2,1-2H3,(H,16,18). The number of para-hydroxylation sites is 2. The van der Waals surface area contributed by atoms with E-state index in [0.29, 0.717) is 17.5 Å². The van der Waals surface area contributed by atoms with Crippen molar-refractivity contribution in [1.29, 1.82) is 0 Å². The van der Waals surface area contributed by atoms with Gasteiger partial charge >= 0.3 is 6.03 Å². The summed E-state index contributed by atoms with van der Waals surface area (Å²) in [6.45, 7) is 1.55. The molecule has 1 unspecified atom stereocenters. The second-order valence-electron chi connectivity index (χ2n) is 4.70. The van der Waals surface area contributed by atoms with Crippen LogP contribution in [0.2, 0.25) is 0 Å². The number of urea groups is 1. The van der Waals surface area contributed by atoms with Crippen molar-refractivity contribution in [3.63, 3.8) is 0 Å². The van der Waals surface area contributed by atoms with Gasteiger partial charge in [-0.3, -0.25) is 0 Å². The van der Waals surface area contributed by atoms with E-state index in [1.807, 2.05) is 36.2 Å². The zero-order valence-electron chi connectivity index (χ0n) is 11.5. The van der Waals surface area contributed by atoms with Crippen LogP contribution in [0.25, 0.3) is 0 Å². The molecule has 1 aromatic rings. The quantitative estimate of drug-likeness (QED) is 0.876. The number of methoxy groups -OCH3 is 1. The molecule has 1 aromatic carbocycles. The van der Waals surface area contributed by atoms with Crippen LogP contribution in [-0.2, 0) is 0 Å². The monoisotopic (exact) mass is 263 g/mol. The van der Waals surface area contributed by atoms with Gasteiger partial charge in [0.05, 0.1) is 12.8 Å². The van der Waals surface area contributed by atoms with E-state index in [1.54, 1.807) is 7.11 Å². The third-order valence-electron chi connectivity index (χ3n) is 3.47. The Hall–Kier alpha value is -1.75. The average Bonchev–Trinajstić information content (AvgIpc) is 2.47. The van der Waals surface area contributed by atoms with Crippen LogP contribution in [0.1, 0.15) is 12.8 Å². The van der Waals surface area contributed by atoms with Crippen LogP contribution in [0.15, 0.2) is 24.3 Å². The molecular formula is C14H21N3O2. The van der Waals surface area contributed by atoms with Gasteiger partial charge in [-0.1, -0.05) is 12.1 Å². The molecule has 0 aromatic heterocycles. The predicted octanol–water partition coefficient (Wildman–Crippen LogP) is 1.91. The largest absolute Gasteiger partial charge is 0.495 e. The van der Waals surface area contributed by atoms with Gasteiger partial charge in [0.1, 0.15) is 5.75 Å². The molecule has 0 radical (unpaired) electrons. The maximum absolute atomic E-state index is 12.2. The van der Waals surface area contributed by atoms with Crippen molar-refractivity contribution in [2.45, 2.75) is 18.9 Å². The Kier molecular flexibility index (Phi) is 4.63. The molecule has 0 spiro atoms. The third-order valence-corrected chi connectivity index (χ3v) is 3.47.